The van der Waals surface area contributed by atoms with Gasteiger partial charge in [0.15, 0.2) is 0 Å². The number of nitrogens with two attached hydrogens (primary N) is 1. The van der Waals surface area contributed by atoms with Crippen molar-refractivity contribution in [1.82, 2.24) is 4.31 Å². The first-order chi connectivity index (χ1) is 5.90. The molecule has 0 amide bonds. The first-order valence-corrected chi connectivity index (χ1v) is 5.78. The molecular formula is C7H17N3O2S. The number of nitrogens with zero attached hydrogens (tertiary/aromatic N) is 1. The summed E-state index contributed by atoms with van der Waals surface area (Å²) >= 11 is 0. The maximum atomic E-state index is 11.4. The van der Waals surface area contributed by atoms with E-state index in [1.165, 1.54) is 7.05 Å². The second-order valence-corrected chi connectivity index (χ2v) is 5.15. The number of amidine groups is 1. The maximum Gasteiger partial charge on any atom is 0.214 e. The summed E-state index contributed by atoms with van der Waals surface area (Å²) in [6, 6.07) is 0. The molecule has 0 rings (SSSR count). The van der Waals surface area contributed by atoms with Crippen molar-refractivity contribution < 1.29 is 8.42 Å². The summed E-state index contributed by atoms with van der Waals surface area (Å²) in [5.41, 5.74) is 5.10. The highest BCUT2D eigenvalue weighted by Crippen LogP contribution is 2.01. The molecule has 0 radical (unpaired) electrons. The van der Waals surface area contributed by atoms with Crippen molar-refractivity contribution in [3.63, 3.8) is 0 Å². The largest absolute Gasteiger partial charge is 0.387 e. The zero-order valence-electron chi connectivity index (χ0n) is 8.08. The van der Waals surface area contributed by atoms with Crippen molar-refractivity contribution in [2.75, 3.05) is 19.3 Å². The average molecular weight is 207 g/mol. The van der Waals surface area contributed by atoms with Crippen LogP contribution in [0.25, 0.3) is 0 Å². The van der Waals surface area contributed by atoms with Crippen LogP contribution in [-0.2, 0) is 10.0 Å². The molecular weight excluding hydrogens is 190 g/mol. The highest BCUT2D eigenvalue weighted by atomic mass is 32.2. The van der Waals surface area contributed by atoms with Crippen molar-refractivity contribution in [3.8, 4) is 0 Å². The molecule has 0 saturated heterocycles. The zero-order valence-corrected chi connectivity index (χ0v) is 8.89. The Hall–Kier alpha value is -0.620. The quantitative estimate of drug-likeness (QED) is 0.474. The number of nitrogens with one attached hydrogen (secondary N) is 1. The Balaban J connectivity index is 4.20. The third-order valence-electron chi connectivity index (χ3n) is 1.62. The van der Waals surface area contributed by atoms with Gasteiger partial charge in [-0.25, -0.2) is 8.42 Å². The Bertz CT molecular complexity index is 261. The van der Waals surface area contributed by atoms with Crippen LogP contribution in [0.2, 0.25) is 0 Å². The third kappa shape index (κ3) is 4.84. The molecule has 0 aromatic rings. The lowest BCUT2D eigenvalue weighted by atomic mass is 10.4. The van der Waals surface area contributed by atoms with E-state index in [4.69, 9.17) is 11.1 Å². The summed E-state index contributed by atoms with van der Waals surface area (Å²) in [5.74, 6) is -0.00428. The smallest absolute Gasteiger partial charge is 0.214 e. The molecule has 78 valence electrons. The molecule has 3 N–H and O–H groups in total. The topological polar surface area (TPSA) is 87.2 Å². The van der Waals surface area contributed by atoms with Crippen LogP contribution in [0.1, 0.15) is 19.8 Å². The van der Waals surface area contributed by atoms with Crippen molar-refractivity contribution in [2.24, 2.45) is 5.73 Å². The lowest BCUT2D eigenvalue weighted by molar-refractivity contribution is 0.502. The van der Waals surface area contributed by atoms with Crippen LogP contribution in [0, 0.1) is 5.41 Å². The molecule has 0 aromatic carbocycles. The molecule has 0 unspecified atom stereocenters. The molecule has 0 heterocycles. The second kappa shape index (κ2) is 5.18. The van der Waals surface area contributed by atoms with Crippen LogP contribution in [0.4, 0.5) is 0 Å². The molecule has 13 heavy (non-hydrogen) atoms. The number of hydrogen-bond donors (Lipinski definition) is 2. The van der Waals surface area contributed by atoms with E-state index in [2.05, 4.69) is 0 Å². The van der Waals surface area contributed by atoms with E-state index in [0.29, 0.717) is 6.42 Å². The first-order valence-electron chi connectivity index (χ1n) is 4.17. The predicted octanol–water partition coefficient (Wildman–Crippen LogP) is -0.0159. The van der Waals surface area contributed by atoms with Crippen LogP contribution in [0.3, 0.4) is 0 Å². The monoisotopic (exact) mass is 207 g/mol. The van der Waals surface area contributed by atoms with Gasteiger partial charge in [-0.2, -0.15) is 4.31 Å². The minimum Gasteiger partial charge on any atom is -0.387 e. The molecule has 0 spiro atoms. The Labute approximate surface area is 79.5 Å². The maximum absolute atomic E-state index is 11.4. The van der Waals surface area contributed by atoms with Crippen LogP contribution >= 0.6 is 0 Å². The summed E-state index contributed by atoms with van der Waals surface area (Å²) in [5, 5.41) is 6.95. The second-order valence-electron chi connectivity index (χ2n) is 2.95. The van der Waals surface area contributed by atoms with E-state index in [-0.39, 0.29) is 18.1 Å². The van der Waals surface area contributed by atoms with Gasteiger partial charge in [0.2, 0.25) is 10.0 Å². The SMILES string of the molecule is CCCCS(=O)(=O)N(C)CC(=N)N. The first kappa shape index (κ1) is 12.4. The fourth-order valence-corrected chi connectivity index (χ4v) is 2.12. The van der Waals surface area contributed by atoms with E-state index < -0.39 is 10.0 Å². The van der Waals surface area contributed by atoms with Gasteiger partial charge in [0.1, 0.15) is 5.84 Å². The molecule has 0 aromatic heterocycles. The van der Waals surface area contributed by atoms with Crippen molar-refractivity contribution >= 4 is 15.9 Å². The minimum atomic E-state index is -3.20. The number of likely N-dealkylation sites (N-methyl/N-ethyl adjacent to an activating group) is 1. The molecule has 0 bridgehead atoms. The number of hydrogen-bond acceptors (Lipinski definition) is 3. The normalized spacial score (nSPS) is 11.9. The van der Waals surface area contributed by atoms with Crippen LogP contribution in [-0.4, -0.2) is 37.9 Å². The van der Waals surface area contributed by atoms with E-state index in [1.54, 1.807) is 0 Å². The van der Waals surface area contributed by atoms with Gasteiger partial charge in [0, 0.05) is 7.05 Å². The van der Waals surface area contributed by atoms with Crippen molar-refractivity contribution in [1.29, 1.82) is 5.41 Å². The van der Waals surface area contributed by atoms with E-state index in [9.17, 15) is 8.42 Å². The van der Waals surface area contributed by atoms with Gasteiger partial charge in [-0.15, -0.1) is 0 Å². The summed E-state index contributed by atoms with van der Waals surface area (Å²) in [7, 11) is -1.77. The molecule has 6 heteroatoms. The van der Waals surface area contributed by atoms with E-state index in [0.717, 1.165) is 10.7 Å². The number of rotatable bonds is 6. The Morgan fingerprint density at radius 3 is 2.46 bits per heavy atom. The number of sulfonamides is 1. The number of unbranched alkanes of at least 4 members (excludes halogenated alkanes) is 1. The molecule has 0 fully saturated rings. The molecule has 0 saturated carbocycles. The van der Waals surface area contributed by atoms with Gasteiger partial charge in [-0.1, -0.05) is 13.3 Å². The summed E-state index contributed by atoms with van der Waals surface area (Å²) in [4.78, 5) is 0. The average Bonchev–Trinajstić information content (AvgIpc) is 1.99. The minimum absolute atomic E-state index is 0.0218. The predicted molar refractivity (Wildman–Crippen MR) is 53.2 cm³/mol. The molecule has 0 atom stereocenters. The molecule has 0 aliphatic heterocycles. The van der Waals surface area contributed by atoms with Crippen molar-refractivity contribution in [3.05, 3.63) is 0 Å². The summed E-state index contributed by atoms with van der Waals surface area (Å²) in [6.45, 7) is 1.91. The van der Waals surface area contributed by atoms with Crippen LogP contribution in [0.15, 0.2) is 0 Å². The van der Waals surface area contributed by atoms with Crippen molar-refractivity contribution in [2.45, 2.75) is 19.8 Å². The van der Waals surface area contributed by atoms with Crippen LogP contribution < -0.4 is 5.73 Å². The van der Waals surface area contributed by atoms with E-state index >= 15 is 0 Å². The third-order valence-corrected chi connectivity index (χ3v) is 3.51. The highest BCUT2D eigenvalue weighted by Gasteiger charge is 2.16. The van der Waals surface area contributed by atoms with Gasteiger partial charge in [-0.3, -0.25) is 5.41 Å². The van der Waals surface area contributed by atoms with Gasteiger partial charge in [0.05, 0.1) is 12.3 Å². The summed E-state index contributed by atoms with van der Waals surface area (Å²) < 4.78 is 23.9. The lowest BCUT2D eigenvalue weighted by Gasteiger charge is -2.15. The Kier molecular flexibility index (Phi) is 4.94. The highest BCUT2D eigenvalue weighted by molar-refractivity contribution is 7.89. The van der Waals surface area contributed by atoms with Gasteiger partial charge in [-0.05, 0) is 6.42 Å². The standard InChI is InChI=1S/C7H17N3O2S/c1-3-4-5-13(11,12)10(2)6-7(8)9/h3-6H2,1-2H3,(H3,8,9). The Morgan fingerprint density at radius 2 is 2.08 bits per heavy atom. The molecule has 5 nitrogen and oxygen atoms in total. The van der Waals surface area contributed by atoms with Gasteiger partial charge < -0.3 is 5.73 Å². The fourth-order valence-electron chi connectivity index (χ4n) is 0.821. The Morgan fingerprint density at radius 1 is 1.54 bits per heavy atom. The van der Waals surface area contributed by atoms with Gasteiger partial charge >= 0.3 is 0 Å². The van der Waals surface area contributed by atoms with Gasteiger partial charge in [0.25, 0.3) is 0 Å². The summed E-state index contributed by atoms with van der Waals surface area (Å²) in [6.07, 6.45) is 1.48. The molecule has 0 aliphatic carbocycles. The lowest BCUT2D eigenvalue weighted by Crippen LogP contribution is -2.36. The molecule has 0 aliphatic rings. The van der Waals surface area contributed by atoms with E-state index in [1.807, 2.05) is 6.92 Å². The van der Waals surface area contributed by atoms with Crippen LogP contribution in [0.5, 0.6) is 0 Å². The zero-order chi connectivity index (χ0) is 10.5. The fraction of sp³-hybridized carbons (Fsp3) is 0.857.